The van der Waals surface area contributed by atoms with E-state index in [9.17, 15) is 15.0 Å². The summed E-state index contributed by atoms with van der Waals surface area (Å²) in [5.74, 6) is -0.680. The Kier molecular flexibility index (Phi) is 3.18. The summed E-state index contributed by atoms with van der Waals surface area (Å²) in [6, 6.07) is 3.74. The maximum Gasteiger partial charge on any atom is 0.251 e. The molecule has 1 aromatic carbocycles. The monoisotopic (exact) mass is 247 g/mol. The van der Waals surface area contributed by atoms with Gasteiger partial charge in [0.05, 0.1) is 6.20 Å². The SMILES string of the molecule is Cc1[nH]ncc1CNC(=O)c1cc(O)cc(O)c1. The molecule has 0 unspecified atom stereocenters. The fraction of sp³-hybridized carbons (Fsp3) is 0.167. The molecule has 1 heterocycles. The predicted molar refractivity (Wildman–Crippen MR) is 64.3 cm³/mol. The summed E-state index contributed by atoms with van der Waals surface area (Å²) in [4.78, 5) is 11.8. The third-order valence-corrected chi connectivity index (χ3v) is 2.54. The highest BCUT2D eigenvalue weighted by Gasteiger charge is 2.09. The fourth-order valence-corrected chi connectivity index (χ4v) is 1.56. The molecule has 94 valence electrons. The number of nitrogens with zero attached hydrogens (tertiary/aromatic N) is 1. The maximum absolute atomic E-state index is 11.8. The van der Waals surface area contributed by atoms with Gasteiger partial charge in [-0.05, 0) is 19.1 Å². The Morgan fingerprint density at radius 2 is 2.00 bits per heavy atom. The van der Waals surface area contributed by atoms with E-state index in [1.54, 1.807) is 6.20 Å². The van der Waals surface area contributed by atoms with Gasteiger partial charge in [-0.15, -0.1) is 0 Å². The zero-order valence-electron chi connectivity index (χ0n) is 9.77. The van der Waals surface area contributed by atoms with Crippen LogP contribution in [0.2, 0.25) is 0 Å². The van der Waals surface area contributed by atoms with Gasteiger partial charge in [-0.2, -0.15) is 5.10 Å². The van der Waals surface area contributed by atoms with Crippen LogP contribution in [0.4, 0.5) is 0 Å². The number of carbonyl (C=O) groups excluding carboxylic acids is 1. The number of amides is 1. The first-order valence-corrected chi connectivity index (χ1v) is 5.36. The van der Waals surface area contributed by atoms with E-state index < -0.39 is 0 Å². The third-order valence-electron chi connectivity index (χ3n) is 2.54. The van der Waals surface area contributed by atoms with E-state index in [-0.39, 0.29) is 23.0 Å². The number of rotatable bonds is 3. The number of phenols is 2. The van der Waals surface area contributed by atoms with Gasteiger partial charge in [-0.25, -0.2) is 0 Å². The van der Waals surface area contributed by atoms with E-state index in [4.69, 9.17) is 0 Å². The Labute approximate surface area is 103 Å². The van der Waals surface area contributed by atoms with Gasteiger partial charge in [0.25, 0.3) is 5.91 Å². The van der Waals surface area contributed by atoms with Crippen molar-refractivity contribution < 1.29 is 15.0 Å². The van der Waals surface area contributed by atoms with E-state index in [0.717, 1.165) is 17.3 Å². The fourth-order valence-electron chi connectivity index (χ4n) is 1.56. The van der Waals surface area contributed by atoms with Crippen LogP contribution in [-0.4, -0.2) is 26.3 Å². The number of carbonyl (C=O) groups is 1. The molecule has 0 spiro atoms. The van der Waals surface area contributed by atoms with E-state index in [2.05, 4.69) is 15.5 Å². The minimum atomic E-state index is -0.373. The molecule has 2 rings (SSSR count). The molecular formula is C12H13N3O3. The largest absolute Gasteiger partial charge is 0.508 e. The number of aromatic hydroxyl groups is 2. The topological polar surface area (TPSA) is 98.2 Å². The quantitative estimate of drug-likeness (QED) is 0.651. The lowest BCUT2D eigenvalue weighted by molar-refractivity contribution is 0.0950. The lowest BCUT2D eigenvalue weighted by Crippen LogP contribution is -2.22. The zero-order valence-corrected chi connectivity index (χ0v) is 9.77. The minimum Gasteiger partial charge on any atom is -0.508 e. The van der Waals surface area contributed by atoms with E-state index in [0.29, 0.717) is 6.54 Å². The molecule has 1 aromatic heterocycles. The summed E-state index contributed by atoms with van der Waals surface area (Å²) in [7, 11) is 0. The number of H-pyrrole nitrogens is 1. The smallest absolute Gasteiger partial charge is 0.251 e. The van der Waals surface area contributed by atoms with Crippen LogP contribution in [0.3, 0.4) is 0 Å². The number of hydrogen-bond donors (Lipinski definition) is 4. The molecule has 18 heavy (non-hydrogen) atoms. The Morgan fingerprint density at radius 1 is 1.33 bits per heavy atom. The second kappa shape index (κ2) is 4.79. The van der Waals surface area contributed by atoms with Crippen molar-refractivity contribution in [2.45, 2.75) is 13.5 Å². The Bertz CT molecular complexity index is 557. The van der Waals surface area contributed by atoms with Gasteiger partial charge >= 0.3 is 0 Å². The number of aromatic nitrogens is 2. The molecule has 0 bridgehead atoms. The number of aromatic amines is 1. The average Bonchev–Trinajstić information content (AvgIpc) is 2.70. The molecule has 0 aliphatic heterocycles. The number of nitrogens with one attached hydrogen (secondary N) is 2. The summed E-state index contributed by atoms with van der Waals surface area (Å²) >= 11 is 0. The number of benzene rings is 1. The van der Waals surface area contributed by atoms with Crippen LogP contribution in [0.25, 0.3) is 0 Å². The van der Waals surface area contributed by atoms with Crippen LogP contribution >= 0.6 is 0 Å². The van der Waals surface area contributed by atoms with Gasteiger partial charge in [-0.1, -0.05) is 0 Å². The second-order valence-corrected chi connectivity index (χ2v) is 3.94. The molecule has 0 radical (unpaired) electrons. The highest BCUT2D eigenvalue weighted by molar-refractivity contribution is 5.95. The molecule has 6 heteroatoms. The molecule has 4 N–H and O–H groups in total. The van der Waals surface area contributed by atoms with Gasteiger partial charge in [0, 0.05) is 29.4 Å². The molecule has 0 saturated heterocycles. The molecule has 0 saturated carbocycles. The predicted octanol–water partition coefficient (Wildman–Crippen LogP) is 1.06. The highest BCUT2D eigenvalue weighted by Crippen LogP contribution is 2.20. The Balaban J connectivity index is 2.06. The summed E-state index contributed by atoms with van der Waals surface area (Å²) < 4.78 is 0. The lowest BCUT2D eigenvalue weighted by atomic mass is 10.2. The summed E-state index contributed by atoms with van der Waals surface area (Å²) in [6.07, 6.45) is 1.63. The van der Waals surface area contributed by atoms with Crippen molar-refractivity contribution in [3.63, 3.8) is 0 Å². The van der Waals surface area contributed by atoms with Gasteiger partial charge in [0.2, 0.25) is 0 Å². The van der Waals surface area contributed by atoms with E-state index in [1.807, 2.05) is 6.92 Å². The van der Waals surface area contributed by atoms with Crippen molar-refractivity contribution in [2.24, 2.45) is 0 Å². The van der Waals surface area contributed by atoms with Gasteiger partial charge in [-0.3, -0.25) is 9.89 Å². The molecule has 1 amide bonds. The van der Waals surface area contributed by atoms with Crippen LogP contribution in [0.5, 0.6) is 11.5 Å². The molecular weight excluding hydrogens is 234 g/mol. The van der Waals surface area contributed by atoms with Crippen molar-refractivity contribution in [3.8, 4) is 11.5 Å². The Morgan fingerprint density at radius 3 is 2.56 bits per heavy atom. The zero-order chi connectivity index (χ0) is 13.1. The van der Waals surface area contributed by atoms with Gasteiger partial charge < -0.3 is 15.5 Å². The summed E-state index contributed by atoms with van der Waals surface area (Å²) in [5, 5.41) is 27.9. The first-order valence-electron chi connectivity index (χ1n) is 5.36. The van der Waals surface area contributed by atoms with E-state index >= 15 is 0 Å². The first kappa shape index (κ1) is 12.0. The number of phenolic OH excluding ortho intramolecular Hbond substituents is 2. The molecule has 2 aromatic rings. The van der Waals surface area contributed by atoms with Crippen LogP contribution < -0.4 is 5.32 Å². The lowest BCUT2D eigenvalue weighted by Gasteiger charge is -2.05. The normalized spacial score (nSPS) is 10.3. The van der Waals surface area contributed by atoms with Gasteiger partial charge in [0.15, 0.2) is 0 Å². The maximum atomic E-state index is 11.8. The van der Waals surface area contributed by atoms with Crippen LogP contribution in [0.15, 0.2) is 24.4 Å². The van der Waals surface area contributed by atoms with Crippen molar-refractivity contribution in [3.05, 3.63) is 41.2 Å². The standard InChI is InChI=1S/C12H13N3O3/c1-7-9(6-14-15-7)5-13-12(18)8-2-10(16)4-11(17)3-8/h2-4,6,16-17H,5H2,1H3,(H,13,18)(H,14,15). The molecule has 6 nitrogen and oxygen atoms in total. The second-order valence-electron chi connectivity index (χ2n) is 3.94. The summed E-state index contributed by atoms with van der Waals surface area (Å²) in [6.45, 7) is 2.19. The van der Waals surface area contributed by atoms with Crippen LogP contribution in [-0.2, 0) is 6.54 Å². The molecule has 0 fully saturated rings. The number of aryl methyl sites for hydroxylation is 1. The first-order chi connectivity index (χ1) is 8.56. The average molecular weight is 247 g/mol. The molecule has 0 aliphatic rings. The highest BCUT2D eigenvalue weighted by atomic mass is 16.3. The van der Waals surface area contributed by atoms with Crippen molar-refractivity contribution in [1.29, 1.82) is 0 Å². The van der Waals surface area contributed by atoms with Crippen molar-refractivity contribution in [1.82, 2.24) is 15.5 Å². The number of hydrogen-bond acceptors (Lipinski definition) is 4. The van der Waals surface area contributed by atoms with E-state index in [1.165, 1.54) is 12.1 Å². The third kappa shape index (κ3) is 2.60. The van der Waals surface area contributed by atoms with Crippen LogP contribution in [0.1, 0.15) is 21.6 Å². The molecule has 0 atom stereocenters. The summed E-state index contributed by atoms with van der Waals surface area (Å²) in [5.41, 5.74) is 1.97. The molecule has 0 aliphatic carbocycles. The Hall–Kier alpha value is -2.50. The van der Waals surface area contributed by atoms with Gasteiger partial charge in [0.1, 0.15) is 11.5 Å². The van der Waals surface area contributed by atoms with Crippen LogP contribution in [0, 0.1) is 6.92 Å². The minimum absolute atomic E-state index is 0.153. The van der Waals surface area contributed by atoms with Crippen molar-refractivity contribution in [2.75, 3.05) is 0 Å². The van der Waals surface area contributed by atoms with Crippen molar-refractivity contribution >= 4 is 5.91 Å².